The predicted molar refractivity (Wildman–Crippen MR) is 45.1 cm³/mol. The summed E-state index contributed by atoms with van der Waals surface area (Å²) < 4.78 is 0.715. The largest absolute Gasteiger partial charge is 0.226 e. The highest BCUT2D eigenvalue weighted by molar-refractivity contribution is 4.88. The van der Waals surface area contributed by atoms with Crippen molar-refractivity contribution in [1.29, 1.82) is 0 Å². The van der Waals surface area contributed by atoms with Crippen molar-refractivity contribution in [2.45, 2.75) is 6.42 Å². The average molecular weight is 149 g/mol. The van der Waals surface area contributed by atoms with Crippen LogP contribution in [-0.2, 0) is 0 Å². The highest BCUT2D eigenvalue weighted by Crippen LogP contribution is 2.08. The lowest BCUT2D eigenvalue weighted by Gasteiger charge is -2.28. The Morgan fingerprint density at radius 2 is 1.91 bits per heavy atom. The van der Waals surface area contributed by atoms with Crippen LogP contribution in [0.5, 0.6) is 0 Å². The molecular formula is C9H13N2+. The van der Waals surface area contributed by atoms with Crippen LogP contribution < -0.4 is 5.43 Å². The van der Waals surface area contributed by atoms with E-state index in [1.165, 1.54) is 6.42 Å². The van der Waals surface area contributed by atoms with Crippen LogP contribution in [-0.4, -0.2) is 30.8 Å². The van der Waals surface area contributed by atoms with Crippen molar-refractivity contribution in [3.05, 3.63) is 0 Å². The molecule has 0 amide bonds. The molecule has 0 bridgehead atoms. The SMILES string of the molecule is C#CC[N+]1(CC#C)CCCN1. The third-order valence-corrected chi connectivity index (χ3v) is 2.00. The van der Waals surface area contributed by atoms with Gasteiger partial charge in [-0.25, -0.2) is 4.59 Å². The van der Waals surface area contributed by atoms with Gasteiger partial charge < -0.3 is 0 Å². The highest BCUT2D eigenvalue weighted by Gasteiger charge is 2.29. The number of nitrogens with zero attached hydrogens (tertiary/aromatic N) is 1. The van der Waals surface area contributed by atoms with Crippen molar-refractivity contribution in [2.24, 2.45) is 0 Å². The van der Waals surface area contributed by atoms with Crippen molar-refractivity contribution >= 4 is 0 Å². The second-order valence-electron chi connectivity index (χ2n) is 2.85. The number of hydrogen-bond donors (Lipinski definition) is 1. The summed E-state index contributed by atoms with van der Waals surface area (Å²) in [6, 6.07) is 0. The molecule has 0 unspecified atom stereocenters. The molecule has 0 radical (unpaired) electrons. The van der Waals surface area contributed by atoms with Gasteiger partial charge in [0.15, 0.2) is 13.1 Å². The summed E-state index contributed by atoms with van der Waals surface area (Å²) in [5.74, 6) is 5.30. The van der Waals surface area contributed by atoms with Crippen molar-refractivity contribution in [1.82, 2.24) is 5.43 Å². The maximum Gasteiger partial charge on any atom is 0.158 e. The lowest BCUT2D eigenvalue weighted by Crippen LogP contribution is -2.53. The lowest BCUT2D eigenvalue weighted by molar-refractivity contribution is -0.944. The molecule has 0 spiro atoms. The van der Waals surface area contributed by atoms with Gasteiger partial charge in [0, 0.05) is 6.42 Å². The average Bonchev–Trinajstić information content (AvgIpc) is 2.39. The number of hydrogen-bond acceptors (Lipinski definition) is 1. The molecule has 0 atom stereocenters. The molecule has 2 heteroatoms. The Kier molecular flexibility index (Phi) is 2.54. The Morgan fingerprint density at radius 1 is 1.27 bits per heavy atom. The third kappa shape index (κ3) is 1.74. The quantitative estimate of drug-likeness (QED) is 0.430. The highest BCUT2D eigenvalue weighted by atomic mass is 15.7. The van der Waals surface area contributed by atoms with Crippen LogP contribution in [0.25, 0.3) is 0 Å². The van der Waals surface area contributed by atoms with Gasteiger partial charge in [-0.3, -0.25) is 0 Å². The summed E-state index contributed by atoms with van der Waals surface area (Å²) in [6.45, 7) is 3.49. The van der Waals surface area contributed by atoms with Gasteiger partial charge >= 0.3 is 0 Å². The number of rotatable bonds is 2. The molecule has 1 fully saturated rings. The van der Waals surface area contributed by atoms with E-state index in [1.54, 1.807) is 0 Å². The van der Waals surface area contributed by atoms with Gasteiger partial charge in [0.2, 0.25) is 0 Å². The zero-order chi connectivity index (χ0) is 8.16. The summed E-state index contributed by atoms with van der Waals surface area (Å²) >= 11 is 0. The van der Waals surface area contributed by atoms with Crippen LogP contribution in [0.2, 0.25) is 0 Å². The molecule has 0 aliphatic carbocycles. The van der Waals surface area contributed by atoms with E-state index in [4.69, 9.17) is 12.8 Å². The summed E-state index contributed by atoms with van der Waals surface area (Å²) in [5, 5.41) is 0. The zero-order valence-electron chi connectivity index (χ0n) is 6.64. The fourth-order valence-electron chi connectivity index (χ4n) is 1.45. The maximum atomic E-state index is 5.25. The van der Waals surface area contributed by atoms with E-state index in [0.29, 0.717) is 17.7 Å². The molecule has 0 aromatic rings. The minimum atomic E-state index is 0.699. The molecule has 1 aliphatic heterocycles. The van der Waals surface area contributed by atoms with Crippen LogP contribution in [0.1, 0.15) is 6.42 Å². The first-order valence-corrected chi connectivity index (χ1v) is 3.81. The molecule has 0 aromatic heterocycles. The van der Waals surface area contributed by atoms with E-state index >= 15 is 0 Å². The van der Waals surface area contributed by atoms with Crippen molar-refractivity contribution < 1.29 is 4.59 Å². The lowest BCUT2D eigenvalue weighted by atomic mass is 10.4. The molecule has 1 rings (SSSR count). The van der Waals surface area contributed by atoms with Gasteiger partial charge in [0.25, 0.3) is 0 Å². The fraction of sp³-hybridized carbons (Fsp3) is 0.556. The first-order chi connectivity index (χ1) is 5.33. The standard InChI is InChI=1S/C9H13N2/c1-3-7-11(8-4-2)9-5-6-10-11/h1-2,10H,5-9H2/q+1. The van der Waals surface area contributed by atoms with Crippen LogP contribution >= 0.6 is 0 Å². The van der Waals surface area contributed by atoms with Gasteiger partial charge in [-0.2, -0.15) is 5.43 Å². The molecule has 0 saturated carbocycles. The Balaban J connectivity index is 2.57. The molecule has 1 aliphatic rings. The Hall–Kier alpha value is -0.960. The predicted octanol–water partition coefficient (Wildman–Crippen LogP) is -0.0221. The maximum absolute atomic E-state index is 5.25. The zero-order valence-corrected chi connectivity index (χ0v) is 6.64. The fourth-order valence-corrected chi connectivity index (χ4v) is 1.45. The number of nitrogens with one attached hydrogen (secondary N) is 1. The molecule has 58 valence electrons. The summed E-state index contributed by atoms with van der Waals surface area (Å²) in [4.78, 5) is 0. The molecule has 0 aromatic carbocycles. The van der Waals surface area contributed by atoms with E-state index in [9.17, 15) is 0 Å². The topological polar surface area (TPSA) is 12.0 Å². The first-order valence-electron chi connectivity index (χ1n) is 3.81. The van der Waals surface area contributed by atoms with Gasteiger partial charge in [0.05, 0.1) is 13.1 Å². The minimum Gasteiger partial charge on any atom is -0.226 e. The molecule has 1 heterocycles. The van der Waals surface area contributed by atoms with E-state index in [0.717, 1.165) is 13.1 Å². The first kappa shape index (κ1) is 8.14. The Labute approximate surface area is 68.1 Å². The summed E-state index contributed by atoms with van der Waals surface area (Å²) in [6.07, 6.45) is 11.7. The van der Waals surface area contributed by atoms with Gasteiger partial charge in [0.1, 0.15) is 0 Å². The monoisotopic (exact) mass is 149 g/mol. The minimum absolute atomic E-state index is 0.699. The Morgan fingerprint density at radius 3 is 2.27 bits per heavy atom. The van der Waals surface area contributed by atoms with Crippen LogP contribution in [0.4, 0.5) is 0 Å². The number of quaternary nitrogens is 1. The summed E-state index contributed by atoms with van der Waals surface area (Å²) in [5.41, 5.74) is 3.32. The van der Waals surface area contributed by atoms with Crippen molar-refractivity contribution in [3.63, 3.8) is 0 Å². The van der Waals surface area contributed by atoms with Crippen molar-refractivity contribution in [3.8, 4) is 24.7 Å². The normalized spacial score (nSPS) is 20.5. The van der Waals surface area contributed by atoms with Crippen LogP contribution in [0.15, 0.2) is 0 Å². The Bertz CT molecular complexity index is 183. The molecule has 2 nitrogen and oxygen atoms in total. The van der Waals surface area contributed by atoms with E-state index in [2.05, 4.69) is 17.3 Å². The molecule has 11 heavy (non-hydrogen) atoms. The van der Waals surface area contributed by atoms with E-state index in [1.807, 2.05) is 0 Å². The van der Waals surface area contributed by atoms with E-state index < -0.39 is 0 Å². The van der Waals surface area contributed by atoms with Crippen LogP contribution in [0, 0.1) is 24.7 Å². The van der Waals surface area contributed by atoms with E-state index in [-0.39, 0.29) is 0 Å². The van der Waals surface area contributed by atoms with Gasteiger partial charge in [-0.15, -0.1) is 12.8 Å². The summed E-state index contributed by atoms with van der Waals surface area (Å²) in [7, 11) is 0. The number of terminal acetylenes is 2. The van der Waals surface area contributed by atoms with Gasteiger partial charge in [-0.1, -0.05) is 0 Å². The van der Waals surface area contributed by atoms with Crippen molar-refractivity contribution in [2.75, 3.05) is 26.2 Å². The second-order valence-corrected chi connectivity index (χ2v) is 2.85. The second kappa shape index (κ2) is 3.44. The third-order valence-electron chi connectivity index (χ3n) is 2.00. The van der Waals surface area contributed by atoms with Gasteiger partial charge in [-0.05, 0) is 11.8 Å². The van der Waals surface area contributed by atoms with Crippen LogP contribution in [0.3, 0.4) is 0 Å². The molecule has 1 saturated heterocycles. The molecular weight excluding hydrogens is 136 g/mol. The molecule has 1 N–H and O–H groups in total. The smallest absolute Gasteiger partial charge is 0.158 e.